The highest BCUT2D eigenvalue weighted by molar-refractivity contribution is 6.01. The topological polar surface area (TPSA) is 60.9 Å². The monoisotopic (exact) mass is 268 g/mol. The van der Waals surface area contributed by atoms with E-state index in [1.165, 1.54) is 11.9 Å². The predicted molar refractivity (Wildman–Crippen MR) is 55.5 cm³/mol. The molecule has 1 fully saturated rings. The molecule has 1 unspecified atom stereocenters. The molecule has 1 heterocycles. The zero-order valence-corrected chi connectivity index (χ0v) is 9.90. The van der Waals surface area contributed by atoms with Crippen LogP contribution in [0.25, 0.3) is 0 Å². The van der Waals surface area contributed by atoms with Crippen molar-refractivity contribution < 1.29 is 27.9 Å². The third kappa shape index (κ3) is 3.95. The summed E-state index contributed by atoms with van der Waals surface area (Å²) in [7, 11) is 1.39. The van der Waals surface area contributed by atoms with E-state index in [0.717, 1.165) is 4.90 Å². The molecule has 0 aromatic rings. The van der Waals surface area contributed by atoms with Gasteiger partial charge < -0.3 is 10.0 Å². The highest BCUT2D eigenvalue weighted by Crippen LogP contribution is 2.20. The Bertz CT molecular complexity index is 317. The van der Waals surface area contributed by atoms with Crippen LogP contribution in [0.5, 0.6) is 0 Å². The van der Waals surface area contributed by atoms with E-state index in [1.54, 1.807) is 0 Å². The molecule has 0 aromatic heterocycles. The summed E-state index contributed by atoms with van der Waals surface area (Å²) in [5, 5.41) is 8.84. The highest BCUT2D eigenvalue weighted by Gasteiger charge is 2.38. The second-order valence-electron chi connectivity index (χ2n) is 4.26. The molecular weight excluding hydrogens is 253 g/mol. The molecule has 1 aliphatic heterocycles. The van der Waals surface area contributed by atoms with Crippen LogP contribution in [0, 0.1) is 0 Å². The molecule has 2 amide bonds. The van der Waals surface area contributed by atoms with Gasteiger partial charge in [-0.2, -0.15) is 13.2 Å². The minimum Gasteiger partial charge on any atom is -0.382 e. The van der Waals surface area contributed by atoms with Crippen LogP contribution >= 0.6 is 0 Å². The molecular formula is C10H15F3N2O3. The number of aliphatic hydroxyl groups excluding tert-OH is 1. The lowest BCUT2D eigenvalue weighted by Gasteiger charge is -2.24. The summed E-state index contributed by atoms with van der Waals surface area (Å²) in [6.07, 6.45) is -6.76. The van der Waals surface area contributed by atoms with Crippen molar-refractivity contribution in [3.63, 3.8) is 0 Å². The van der Waals surface area contributed by atoms with Gasteiger partial charge in [-0.15, -0.1) is 0 Å². The first-order chi connectivity index (χ1) is 8.21. The minimum atomic E-state index is -4.66. The number of alkyl halides is 3. The maximum atomic E-state index is 12.1. The lowest BCUT2D eigenvalue weighted by Crippen LogP contribution is -2.43. The molecule has 1 rings (SSSR count). The zero-order valence-electron chi connectivity index (χ0n) is 9.90. The van der Waals surface area contributed by atoms with Gasteiger partial charge in [0.2, 0.25) is 11.8 Å². The first-order valence-corrected chi connectivity index (χ1v) is 5.48. The highest BCUT2D eigenvalue weighted by atomic mass is 19.4. The smallest absolute Gasteiger partial charge is 0.382 e. The van der Waals surface area contributed by atoms with Crippen LogP contribution in [0.3, 0.4) is 0 Å². The molecule has 0 aromatic carbocycles. The summed E-state index contributed by atoms with van der Waals surface area (Å²) >= 11 is 0. The van der Waals surface area contributed by atoms with Crippen molar-refractivity contribution in [2.75, 3.05) is 26.7 Å². The van der Waals surface area contributed by atoms with Gasteiger partial charge in [-0.25, -0.2) is 0 Å². The fraction of sp³-hybridized carbons (Fsp3) is 0.800. The third-order valence-corrected chi connectivity index (χ3v) is 2.72. The number of rotatable bonds is 5. The number of hydrogen-bond acceptors (Lipinski definition) is 4. The predicted octanol–water partition coefficient (Wildman–Crippen LogP) is -0.00960. The van der Waals surface area contributed by atoms with Gasteiger partial charge >= 0.3 is 6.18 Å². The number of likely N-dealkylation sites (N-methyl/N-ethyl adjacent to an activating group) is 1. The van der Waals surface area contributed by atoms with Crippen molar-refractivity contribution in [3.05, 3.63) is 0 Å². The molecule has 1 atom stereocenters. The van der Waals surface area contributed by atoms with Gasteiger partial charge in [0.25, 0.3) is 0 Å². The van der Waals surface area contributed by atoms with E-state index in [9.17, 15) is 22.8 Å². The fourth-order valence-electron chi connectivity index (χ4n) is 1.63. The van der Waals surface area contributed by atoms with Gasteiger partial charge in [-0.1, -0.05) is 0 Å². The Morgan fingerprint density at radius 3 is 2.28 bits per heavy atom. The van der Waals surface area contributed by atoms with E-state index >= 15 is 0 Å². The SMILES string of the molecule is CN(CCN1C(=O)CCC1=O)CC(O)C(F)(F)F. The summed E-state index contributed by atoms with van der Waals surface area (Å²) in [6.45, 7) is -0.427. The van der Waals surface area contributed by atoms with Crippen molar-refractivity contribution >= 4 is 11.8 Å². The van der Waals surface area contributed by atoms with Crippen molar-refractivity contribution in [3.8, 4) is 0 Å². The summed E-state index contributed by atoms with van der Waals surface area (Å²) < 4.78 is 36.2. The molecule has 5 nitrogen and oxygen atoms in total. The van der Waals surface area contributed by atoms with E-state index in [2.05, 4.69) is 0 Å². The van der Waals surface area contributed by atoms with Crippen LogP contribution in [0.2, 0.25) is 0 Å². The Kier molecular flexibility index (Phi) is 4.69. The quantitative estimate of drug-likeness (QED) is 0.712. The van der Waals surface area contributed by atoms with Crippen LogP contribution in [0.4, 0.5) is 13.2 Å². The maximum Gasteiger partial charge on any atom is 0.415 e. The fourth-order valence-corrected chi connectivity index (χ4v) is 1.63. The molecule has 0 spiro atoms. The molecule has 1 saturated heterocycles. The van der Waals surface area contributed by atoms with E-state index in [1.807, 2.05) is 0 Å². The summed E-state index contributed by atoms with van der Waals surface area (Å²) in [4.78, 5) is 24.7. The van der Waals surface area contributed by atoms with Crippen LogP contribution in [-0.2, 0) is 9.59 Å². The molecule has 1 N–H and O–H groups in total. The van der Waals surface area contributed by atoms with Crippen LogP contribution in [0.15, 0.2) is 0 Å². The van der Waals surface area contributed by atoms with E-state index in [-0.39, 0.29) is 37.7 Å². The number of imide groups is 1. The molecule has 18 heavy (non-hydrogen) atoms. The zero-order chi connectivity index (χ0) is 13.9. The molecule has 1 aliphatic rings. The summed E-state index contributed by atoms with van der Waals surface area (Å²) in [6, 6.07) is 0. The van der Waals surface area contributed by atoms with Gasteiger partial charge in [-0.3, -0.25) is 14.5 Å². The molecule has 0 radical (unpaired) electrons. The van der Waals surface area contributed by atoms with Gasteiger partial charge in [0, 0.05) is 32.5 Å². The Hall–Kier alpha value is -1.15. The Balaban J connectivity index is 2.35. The van der Waals surface area contributed by atoms with Gasteiger partial charge in [0.15, 0.2) is 6.10 Å². The summed E-state index contributed by atoms with van der Waals surface area (Å²) in [5.74, 6) is -0.602. The van der Waals surface area contributed by atoms with Crippen molar-refractivity contribution in [2.24, 2.45) is 0 Å². The molecule has 0 saturated carbocycles. The van der Waals surface area contributed by atoms with Crippen molar-refractivity contribution in [1.29, 1.82) is 0 Å². The van der Waals surface area contributed by atoms with Gasteiger partial charge in [0.05, 0.1) is 0 Å². The Morgan fingerprint density at radius 1 is 1.33 bits per heavy atom. The number of likely N-dealkylation sites (tertiary alicyclic amines) is 1. The standard InChI is InChI=1S/C10H15F3N2O3/c1-14(6-7(16)10(11,12)13)4-5-15-8(17)2-3-9(15)18/h7,16H,2-6H2,1H3. The van der Waals surface area contributed by atoms with Gasteiger partial charge in [-0.05, 0) is 7.05 Å². The second kappa shape index (κ2) is 5.66. The largest absolute Gasteiger partial charge is 0.415 e. The third-order valence-electron chi connectivity index (χ3n) is 2.72. The molecule has 104 valence electrons. The average molecular weight is 268 g/mol. The number of hydrogen-bond donors (Lipinski definition) is 1. The van der Waals surface area contributed by atoms with Crippen molar-refractivity contribution in [2.45, 2.75) is 25.1 Å². The Labute approximate surface area is 102 Å². The molecule has 0 aliphatic carbocycles. The minimum absolute atomic E-state index is 0.0543. The van der Waals surface area contributed by atoms with Crippen LogP contribution < -0.4 is 0 Å². The number of amides is 2. The molecule has 8 heteroatoms. The maximum absolute atomic E-state index is 12.1. The lowest BCUT2D eigenvalue weighted by molar-refractivity contribution is -0.207. The number of halogens is 3. The summed E-state index contributed by atoms with van der Waals surface area (Å²) in [5.41, 5.74) is 0. The lowest BCUT2D eigenvalue weighted by atomic mass is 10.3. The first-order valence-electron chi connectivity index (χ1n) is 5.48. The first kappa shape index (κ1) is 14.9. The van der Waals surface area contributed by atoms with Gasteiger partial charge in [0.1, 0.15) is 0 Å². The van der Waals surface area contributed by atoms with E-state index in [4.69, 9.17) is 5.11 Å². The normalized spacial score (nSPS) is 18.9. The average Bonchev–Trinajstić information content (AvgIpc) is 2.54. The van der Waals surface area contributed by atoms with Crippen molar-refractivity contribution in [1.82, 2.24) is 9.80 Å². The van der Waals surface area contributed by atoms with E-state index in [0.29, 0.717) is 0 Å². The number of carbonyl (C=O) groups excluding carboxylic acids is 2. The van der Waals surface area contributed by atoms with Crippen LogP contribution in [0.1, 0.15) is 12.8 Å². The molecule has 0 bridgehead atoms. The second-order valence-corrected chi connectivity index (χ2v) is 4.26. The number of carbonyl (C=O) groups is 2. The van der Waals surface area contributed by atoms with Crippen LogP contribution in [-0.4, -0.2) is 65.7 Å². The van der Waals surface area contributed by atoms with E-state index < -0.39 is 18.8 Å². The number of nitrogens with zero attached hydrogens (tertiary/aromatic N) is 2. The Morgan fingerprint density at radius 2 is 1.83 bits per heavy atom. The number of aliphatic hydroxyl groups is 1.